The summed E-state index contributed by atoms with van der Waals surface area (Å²) >= 11 is 0. The second kappa shape index (κ2) is 5.97. The van der Waals surface area contributed by atoms with E-state index >= 15 is 0 Å². The molecule has 0 spiro atoms. The lowest BCUT2D eigenvalue weighted by Crippen LogP contribution is -2.46. The van der Waals surface area contributed by atoms with Gasteiger partial charge < -0.3 is 14.2 Å². The number of nitrogens with zero attached hydrogens (tertiary/aromatic N) is 1. The number of morpholine rings is 1. The van der Waals surface area contributed by atoms with Crippen LogP contribution in [-0.4, -0.2) is 51.0 Å². The fourth-order valence-corrected chi connectivity index (χ4v) is 3.28. The fraction of sp³-hybridized carbons (Fsp3) is 0.444. The molecule has 2 saturated heterocycles. The maximum absolute atomic E-state index is 6.07. The first kappa shape index (κ1) is 14.2. The minimum atomic E-state index is -0.638. The van der Waals surface area contributed by atoms with Crippen molar-refractivity contribution in [2.45, 2.75) is 5.79 Å². The second-order valence-corrected chi connectivity index (χ2v) is 5.90. The van der Waals surface area contributed by atoms with E-state index in [9.17, 15) is 0 Å². The Kier molecular flexibility index (Phi) is 3.84. The maximum atomic E-state index is 6.07. The molecule has 0 saturated carbocycles. The summed E-state index contributed by atoms with van der Waals surface area (Å²) < 4.78 is 17.6. The predicted molar refractivity (Wildman–Crippen MR) is 84.8 cm³/mol. The van der Waals surface area contributed by atoms with E-state index < -0.39 is 5.79 Å². The lowest BCUT2D eigenvalue weighted by Gasteiger charge is -2.36. The van der Waals surface area contributed by atoms with Crippen molar-refractivity contribution in [2.24, 2.45) is 0 Å². The van der Waals surface area contributed by atoms with E-state index in [4.69, 9.17) is 14.2 Å². The molecule has 0 amide bonds. The third-order valence-electron chi connectivity index (χ3n) is 4.48. The molecule has 0 atom stereocenters. The summed E-state index contributed by atoms with van der Waals surface area (Å²) in [6.07, 6.45) is 0. The van der Waals surface area contributed by atoms with Crippen molar-refractivity contribution >= 4 is 10.8 Å². The Labute approximate surface area is 130 Å². The van der Waals surface area contributed by atoms with Gasteiger partial charge in [-0.25, -0.2) is 0 Å². The zero-order valence-electron chi connectivity index (χ0n) is 12.7. The van der Waals surface area contributed by atoms with Crippen LogP contribution in [0.2, 0.25) is 0 Å². The van der Waals surface area contributed by atoms with Gasteiger partial charge >= 0.3 is 0 Å². The monoisotopic (exact) mass is 299 g/mol. The molecule has 2 aromatic rings. The van der Waals surface area contributed by atoms with Crippen molar-refractivity contribution in [3.05, 3.63) is 48.0 Å². The lowest BCUT2D eigenvalue weighted by molar-refractivity contribution is -0.184. The predicted octanol–water partition coefficient (Wildman–Crippen LogP) is 2.37. The summed E-state index contributed by atoms with van der Waals surface area (Å²) in [6.45, 7) is 5.49. The summed E-state index contributed by atoms with van der Waals surface area (Å²) in [5.41, 5.74) is 1.11. The Balaban J connectivity index is 1.67. The highest BCUT2D eigenvalue weighted by atomic mass is 16.7. The Morgan fingerprint density at radius 1 is 0.864 bits per heavy atom. The second-order valence-electron chi connectivity index (χ2n) is 5.90. The zero-order valence-corrected chi connectivity index (χ0v) is 12.7. The standard InChI is InChI=1S/C18H21NO3/c1-2-4-16-13-17(6-5-15(16)3-1)18(21-11-12-22-18)14-19-7-9-20-10-8-19/h1-6,13H,7-12,14H2. The molecule has 2 aliphatic rings. The quantitative estimate of drug-likeness (QED) is 0.870. The number of hydrogen-bond donors (Lipinski definition) is 0. The van der Waals surface area contributed by atoms with Crippen LogP contribution in [0.25, 0.3) is 10.8 Å². The molecule has 4 rings (SSSR count). The van der Waals surface area contributed by atoms with E-state index in [2.05, 4.69) is 47.4 Å². The number of benzene rings is 2. The van der Waals surface area contributed by atoms with Gasteiger partial charge in [0.05, 0.1) is 33.0 Å². The highest BCUT2D eigenvalue weighted by molar-refractivity contribution is 5.83. The van der Waals surface area contributed by atoms with Gasteiger partial charge in [0.25, 0.3) is 0 Å². The highest BCUT2D eigenvalue weighted by Gasteiger charge is 2.40. The van der Waals surface area contributed by atoms with Gasteiger partial charge in [-0.3, -0.25) is 4.90 Å². The van der Waals surface area contributed by atoms with Crippen LogP contribution in [-0.2, 0) is 20.0 Å². The molecule has 0 N–H and O–H groups in total. The molecular weight excluding hydrogens is 278 g/mol. The zero-order chi connectivity index (χ0) is 14.8. The van der Waals surface area contributed by atoms with Gasteiger partial charge in [0.15, 0.2) is 0 Å². The van der Waals surface area contributed by atoms with Gasteiger partial charge in [-0.2, -0.15) is 0 Å². The molecular formula is C18H21NO3. The van der Waals surface area contributed by atoms with E-state index in [0.717, 1.165) is 38.4 Å². The van der Waals surface area contributed by atoms with Gasteiger partial charge in [0, 0.05) is 18.7 Å². The first-order valence-electron chi connectivity index (χ1n) is 7.93. The third-order valence-corrected chi connectivity index (χ3v) is 4.48. The van der Waals surface area contributed by atoms with E-state index in [1.807, 2.05) is 0 Å². The summed E-state index contributed by atoms with van der Waals surface area (Å²) in [7, 11) is 0. The van der Waals surface area contributed by atoms with E-state index in [1.165, 1.54) is 10.8 Å². The number of fused-ring (bicyclic) bond motifs is 1. The third kappa shape index (κ3) is 2.63. The minimum absolute atomic E-state index is 0.638. The molecule has 0 bridgehead atoms. The SMILES string of the molecule is c1ccc2cc(C3(CN4CCOCC4)OCCO3)ccc2c1. The molecule has 2 fully saturated rings. The molecule has 2 heterocycles. The Morgan fingerprint density at radius 3 is 2.36 bits per heavy atom. The molecule has 4 nitrogen and oxygen atoms in total. The van der Waals surface area contributed by atoms with E-state index in [-0.39, 0.29) is 0 Å². The van der Waals surface area contributed by atoms with Crippen LogP contribution in [0, 0.1) is 0 Å². The van der Waals surface area contributed by atoms with Crippen molar-refractivity contribution in [1.29, 1.82) is 0 Å². The highest BCUT2D eigenvalue weighted by Crippen LogP contribution is 2.34. The van der Waals surface area contributed by atoms with Crippen LogP contribution in [0.3, 0.4) is 0 Å². The molecule has 0 radical (unpaired) electrons. The summed E-state index contributed by atoms with van der Waals surface area (Å²) in [5, 5.41) is 2.46. The Morgan fingerprint density at radius 2 is 1.59 bits per heavy atom. The van der Waals surface area contributed by atoms with Crippen molar-refractivity contribution in [3.8, 4) is 0 Å². The van der Waals surface area contributed by atoms with Crippen molar-refractivity contribution in [1.82, 2.24) is 4.90 Å². The molecule has 22 heavy (non-hydrogen) atoms. The molecule has 0 aromatic heterocycles. The molecule has 116 valence electrons. The van der Waals surface area contributed by atoms with Gasteiger partial charge in [-0.1, -0.05) is 36.4 Å². The van der Waals surface area contributed by atoms with Crippen LogP contribution in [0.15, 0.2) is 42.5 Å². The van der Waals surface area contributed by atoms with Crippen LogP contribution < -0.4 is 0 Å². The summed E-state index contributed by atoms with van der Waals surface area (Å²) in [6, 6.07) is 14.9. The average molecular weight is 299 g/mol. The van der Waals surface area contributed by atoms with E-state index in [1.54, 1.807) is 0 Å². The molecule has 0 aliphatic carbocycles. The van der Waals surface area contributed by atoms with Crippen LogP contribution in [0.4, 0.5) is 0 Å². The van der Waals surface area contributed by atoms with E-state index in [0.29, 0.717) is 13.2 Å². The summed E-state index contributed by atoms with van der Waals surface area (Å²) in [4.78, 5) is 2.37. The van der Waals surface area contributed by atoms with Crippen molar-refractivity contribution < 1.29 is 14.2 Å². The number of rotatable bonds is 3. The largest absolute Gasteiger partial charge is 0.379 e. The van der Waals surface area contributed by atoms with Crippen LogP contribution in [0.1, 0.15) is 5.56 Å². The smallest absolute Gasteiger partial charge is 0.208 e. The normalized spacial score (nSPS) is 22.2. The topological polar surface area (TPSA) is 30.9 Å². The van der Waals surface area contributed by atoms with Crippen molar-refractivity contribution in [3.63, 3.8) is 0 Å². The average Bonchev–Trinajstić information content (AvgIpc) is 3.05. The number of hydrogen-bond acceptors (Lipinski definition) is 4. The van der Waals surface area contributed by atoms with Gasteiger partial charge in [-0.15, -0.1) is 0 Å². The van der Waals surface area contributed by atoms with Crippen LogP contribution in [0.5, 0.6) is 0 Å². The van der Waals surface area contributed by atoms with Gasteiger partial charge in [-0.05, 0) is 16.8 Å². The molecule has 2 aliphatic heterocycles. The Bertz CT molecular complexity index is 646. The van der Waals surface area contributed by atoms with Crippen molar-refractivity contribution in [2.75, 3.05) is 46.1 Å². The van der Waals surface area contributed by atoms with Crippen LogP contribution >= 0.6 is 0 Å². The fourth-order valence-electron chi connectivity index (χ4n) is 3.28. The van der Waals surface area contributed by atoms with Gasteiger partial charge in [0.1, 0.15) is 0 Å². The van der Waals surface area contributed by atoms with Gasteiger partial charge in [0.2, 0.25) is 5.79 Å². The lowest BCUT2D eigenvalue weighted by atomic mass is 10.00. The molecule has 2 aromatic carbocycles. The minimum Gasteiger partial charge on any atom is -0.379 e. The maximum Gasteiger partial charge on any atom is 0.208 e. The summed E-state index contributed by atoms with van der Waals surface area (Å²) in [5.74, 6) is -0.638. The first-order chi connectivity index (χ1) is 10.9. The molecule has 4 heteroatoms. The number of ether oxygens (including phenoxy) is 3. The molecule has 0 unspecified atom stereocenters. The first-order valence-corrected chi connectivity index (χ1v) is 7.93. The Hall–Kier alpha value is -1.46.